The Morgan fingerprint density at radius 2 is 1.68 bits per heavy atom. The molecule has 1 aromatic carbocycles. The lowest BCUT2D eigenvalue weighted by atomic mass is 10.2. The molecule has 0 spiro atoms. The van der Waals surface area contributed by atoms with Crippen LogP contribution in [0, 0.1) is 13.8 Å². The third-order valence-corrected chi connectivity index (χ3v) is 3.98. The zero-order valence-corrected chi connectivity index (χ0v) is 13.2. The van der Waals surface area contributed by atoms with Crippen molar-refractivity contribution in [2.45, 2.75) is 13.8 Å². The quantitative estimate of drug-likeness (QED) is 0.692. The van der Waals surface area contributed by atoms with E-state index >= 15 is 0 Å². The van der Waals surface area contributed by atoms with Gasteiger partial charge < -0.3 is 0 Å². The Morgan fingerprint density at radius 3 is 2.32 bits per heavy atom. The van der Waals surface area contributed by atoms with E-state index in [0.29, 0.717) is 33.1 Å². The predicted molar refractivity (Wildman–Crippen MR) is 87.1 cm³/mol. The molecule has 22 heavy (non-hydrogen) atoms. The van der Waals surface area contributed by atoms with Gasteiger partial charge in [-0.3, -0.25) is 18.7 Å². The van der Waals surface area contributed by atoms with Crippen LogP contribution in [0.3, 0.4) is 0 Å². The molecule has 0 saturated carbocycles. The van der Waals surface area contributed by atoms with Gasteiger partial charge in [0.25, 0.3) is 11.1 Å². The number of nitrogens with zero attached hydrogens (tertiary/aromatic N) is 3. The molecule has 0 bridgehead atoms. The molecular weight excluding hydrogens is 302 g/mol. The number of aryl methyl sites for hydroxylation is 2. The summed E-state index contributed by atoms with van der Waals surface area (Å²) in [5, 5.41) is 0.994. The largest absolute Gasteiger partial charge is 0.299 e. The van der Waals surface area contributed by atoms with Crippen LogP contribution < -0.4 is 11.1 Å². The number of pyridine rings is 1. The van der Waals surface area contributed by atoms with Crippen molar-refractivity contribution in [1.82, 2.24) is 14.1 Å². The molecule has 0 aliphatic rings. The summed E-state index contributed by atoms with van der Waals surface area (Å²) < 4.78 is 2.92. The SMILES string of the molecule is Cc1cc2c(=O)n(C)c(C)nc2n(-c2ccc(Cl)cc2)c1=O. The second kappa shape index (κ2) is 5.10. The molecule has 0 aliphatic heterocycles. The highest BCUT2D eigenvalue weighted by Gasteiger charge is 2.14. The van der Waals surface area contributed by atoms with Crippen molar-refractivity contribution >= 4 is 22.6 Å². The zero-order valence-electron chi connectivity index (χ0n) is 12.4. The summed E-state index contributed by atoms with van der Waals surface area (Å²) in [6.45, 7) is 3.42. The Morgan fingerprint density at radius 1 is 1.05 bits per heavy atom. The highest BCUT2D eigenvalue weighted by molar-refractivity contribution is 6.30. The number of hydrogen-bond donors (Lipinski definition) is 0. The molecule has 0 atom stereocenters. The molecular formula is C16H14ClN3O2. The van der Waals surface area contributed by atoms with Crippen LogP contribution in [-0.4, -0.2) is 14.1 Å². The second-order valence-corrected chi connectivity index (χ2v) is 5.64. The van der Waals surface area contributed by atoms with Crippen LogP contribution in [0.15, 0.2) is 39.9 Å². The molecule has 0 unspecified atom stereocenters. The number of fused-ring (bicyclic) bond motifs is 1. The Balaban J connectivity index is 2.53. The van der Waals surface area contributed by atoms with Crippen LogP contribution in [0.2, 0.25) is 5.02 Å². The van der Waals surface area contributed by atoms with E-state index < -0.39 is 0 Å². The molecule has 3 aromatic rings. The van der Waals surface area contributed by atoms with Crippen LogP contribution in [0.5, 0.6) is 0 Å². The minimum absolute atomic E-state index is 0.173. The standard InChI is InChI=1S/C16H14ClN3O2/c1-9-8-13-14(18-10(2)19(3)16(13)22)20(15(9)21)12-6-4-11(17)5-7-12/h4-8H,1-3H3. The lowest BCUT2D eigenvalue weighted by molar-refractivity contribution is 0.783. The molecule has 2 heterocycles. The highest BCUT2D eigenvalue weighted by atomic mass is 35.5. The van der Waals surface area contributed by atoms with Gasteiger partial charge in [0, 0.05) is 17.6 Å². The van der Waals surface area contributed by atoms with Crippen molar-refractivity contribution in [3.05, 3.63) is 67.4 Å². The van der Waals surface area contributed by atoms with Crippen molar-refractivity contribution < 1.29 is 0 Å². The van der Waals surface area contributed by atoms with Crippen LogP contribution in [0.25, 0.3) is 16.7 Å². The van der Waals surface area contributed by atoms with Gasteiger partial charge in [0.05, 0.1) is 11.1 Å². The monoisotopic (exact) mass is 315 g/mol. The van der Waals surface area contributed by atoms with Crippen molar-refractivity contribution in [2.24, 2.45) is 7.05 Å². The van der Waals surface area contributed by atoms with Gasteiger partial charge in [0.2, 0.25) is 0 Å². The number of rotatable bonds is 1. The summed E-state index contributed by atoms with van der Waals surface area (Å²) in [4.78, 5) is 29.4. The first kappa shape index (κ1) is 14.5. The first-order valence-corrected chi connectivity index (χ1v) is 7.14. The average molecular weight is 316 g/mol. The molecule has 0 N–H and O–H groups in total. The van der Waals surface area contributed by atoms with Crippen LogP contribution in [-0.2, 0) is 7.05 Å². The molecule has 112 valence electrons. The van der Waals surface area contributed by atoms with Gasteiger partial charge in [-0.1, -0.05) is 11.6 Å². The van der Waals surface area contributed by atoms with E-state index in [4.69, 9.17) is 11.6 Å². The Labute approximate surface area is 131 Å². The summed E-state index contributed by atoms with van der Waals surface area (Å²) >= 11 is 5.90. The summed E-state index contributed by atoms with van der Waals surface area (Å²) in [6.07, 6.45) is 0. The van der Waals surface area contributed by atoms with Gasteiger partial charge in [-0.25, -0.2) is 4.98 Å². The maximum atomic E-state index is 12.6. The van der Waals surface area contributed by atoms with Crippen molar-refractivity contribution in [2.75, 3.05) is 0 Å². The first-order chi connectivity index (χ1) is 10.4. The van der Waals surface area contributed by atoms with Crippen molar-refractivity contribution in [3.63, 3.8) is 0 Å². The van der Waals surface area contributed by atoms with Gasteiger partial charge in [0.1, 0.15) is 5.82 Å². The third kappa shape index (κ3) is 2.14. The molecule has 2 aromatic heterocycles. The minimum Gasteiger partial charge on any atom is -0.299 e. The number of benzene rings is 1. The Kier molecular flexibility index (Phi) is 3.37. The lowest BCUT2D eigenvalue weighted by Gasteiger charge is -2.13. The highest BCUT2D eigenvalue weighted by Crippen LogP contribution is 2.16. The van der Waals surface area contributed by atoms with E-state index in [1.165, 1.54) is 9.13 Å². The molecule has 3 rings (SSSR count). The summed E-state index contributed by atoms with van der Waals surface area (Å²) in [6, 6.07) is 8.46. The molecule has 0 radical (unpaired) electrons. The van der Waals surface area contributed by atoms with E-state index in [-0.39, 0.29) is 11.1 Å². The maximum Gasteiger partial charge on any atom is 0.262 e. The summed E-state index contributed by atoms with van der Waals surface area (Å²) in [5.74, 6) is 0.545. The second-order valence-electron chi connectivity index (χ2n) is 5.20. The molecule has 5 nitrogen and oxygen atoms in total. The lowest BCUT2D eigenvalue weighted by Crippen LogP contribution is -2.28. The van der Waals surface area contributed by atoms with Crippen molar-refractivity contribution in [3.8, 4) is 5.69 Å². The summed E-state index contributed by atoms with van der Waals surface area (Å²) in [7, 11) is 1.66. The zero-order chi connectivity index (χ0) is 16.0. The van der Waals surface area contributed by atoms with Crippen LogP contribution >= 0.6 is 11.6 Å². The average Bonchev–Trinajstić information content (AvgIpc) is 2.49. The van der Waals surface area contributed by atoms with Crippen LogP contribution in [0.1, 0.15) is 11.4 Å². The molecule has 0 aliphatic carbocycles. The van der Waals surface area contributed by atoms with Crippen molar-refractivity contribution in [1.29, 1.82) is 0 Å². The van der Waals surface area contributed by atoms with Gasteiger partial charge in [-0.05, 0) is 44.2 Å². The Bertz CT molecular complexity index is 1000. The van der Waals surface area contributed by atoms with E-state index in [9.17, 15) is 9.59 Å². The fraction of sp³-hybridized carbons (Fsp3) is 0.188. The first-order valence-electron chi connectivity index (χ1n) is 6.76. The maximum absolute atomic E-state index is 12.6. The Hall–Kier alpha value is -2.40. The summed E-state index contributed by atoms with van der Waals surface area (Å²) in [5.41, 5.74) is 1.11. The third-order valence-electron chi connectivity index (χ3n) is 3.73. The van der Waals surface area contributed by atoms with Crippen LogP contribution in [0.4, 0.5) is 0 Å². The topological polar surface area (TPSA) is 56.9 Å². The van der Waals surface area contributed by atoms with E-state index in [2.05, 4.69) is 4.98 Å². The number of aromatic nitrogens is 3. The molecule has 0 fully saturated rings. The predicted octanol–water partition coefficient (Wildman–Crippen LogP) is 2.35. The van der Waals surface area contributed by atoms with E-state index in [1.807, 2.05) is 0 Å². The molecule has 6 heteroatoms. The fourth-order valence-corrected chi connectivity index (χ4v) is 2.51. The number of halogens is 1. The molecule has 0 saturated heterocycles. The van der Waals surface area contributed by atoms with Gasteiger partial charge in [-0.15, -0.1) is 0 Å². The van der Waals surface area contributed by atoms with E-state index in [0.717, 1.165) is 0 Å². The van der Waals surface area contributed by atoms with Gasteiger partial charge >= 0.3 is 0 Å². The van der Waals surface area contributed by atoms with Gasteiger partial charge in [0.15, 0.2) is 5.65 Å². The normalized spacial score (nSPS) is 11.1. The number of hydrogen-bond acceptors (Lipinski definition) is 3. The van der Waals surface area contributed by atoms with Gasteiger partial charge in [-0.2, -0.15) is 0 Å². The fourth-order valence-electron chi connectivity index (χ4n) is 2.39. The molecule has 0 amide bonds. The smallest absolute Gasteiger partial charge is 0.262 e. The van der Waals surface area contributed by atoms with E-state index in [1.54, 1.807) is 51.2 Å². The minimum atomic E-state index is -0.199.